The first-order valence-corrected chi connectivity index (χ1v) is 7.47. The molecule has 0 fully saturated rings. The molecular weight excluding hydrogens is 262 g/mol. The van der Waals surface area contributed by atoms with E-state index in [1.165, 1.54) is 16.7 Å². The predicted octanol–water partition coefficient (Wildman–Crippen LogP) is 3.23. The monoisotopic (exact) mass is 287 g/mol. The third-order valence-corrected chi connectivity index (χ3v) is 3.89. The van der Waals surface area contributed by atoms with E-state index in [1.54, 1.807) is 7.11 Å². The zero-order chi connectivity index (χ0) is 15.4. The quantitative estimate of drug-likeness (QED) is 0.886. The van der Waals surface area contributed by atoms with Gasteiger partial charge in [-0.3, -0.25) is 4.68 Å². The Balaban J connectivity index is 2.58. The number of hydrogen-bond donors (Lipinski definition) is 1. The molecular formula is C17H25N3O. The largest absolute Gasteiger partial charge is 0.493 e. The Hall–Kier alpha value is -1.81. The maximum atomic E-state index is 5.53. The second kappa shape index (κ2) is 6.76. The van der Waals surface area contributed by atoms with Crippen molar-refractivity contribution < 1.29 is 4.74 Å². The number of aromatic nitrogens is 2. The molecule has 0 aliphatic rings. The summed E-state index contributed by atoms with van der Waals surface area (Å²) in [6, 6.07) is 6.48. The van der Waals surface area contributed by atoms with Crippen LogP contribution in [0.1, 0.15) is 41.8 Å². The molecule has 1 N–H and O–H groups in total. The summed E-state index contributed by atoms with van der Waals surface area (Å²) in [5.74, 6) is 0.838. The summed E-state index contributed by atoms with van der Waals surface area (Å²) < 4.78 is 7.58. The molecule has 1 heterocycles. The Labute approximate surface area is 127 Å². The van der Waals surface area contributed by atoms with Gasteiger partial charge >= 0.3 is 0 Å². The standard InChI is InChI=1S/C17H25N3O/c1-6-10-20-17(14(21-5)11-19-20)16(18-4)15-12(2)8-7-9-13(15)3/h7-9,11,16,18H,6,10H2,1-5H3. The number of nitrogens with zero attached hydrogens (tertiary/aromatic N) is 2. The number of methoxy groups -OCH3 is 1. The lowest BCUT2D eigenvalue weighted by Crippen LogP contribution is -2.24. The SMILES string of the molecule is CCCn1ncc(OC)c1C(NC)c1c(C)cccc1C. The number of nitrogens with one attached hydrogen (secondary N) is 1. The third-order valence-electron chi connectivity index (χ3n) is 3.89. The van der Waals surface area contributed by atoms with Crippen LogP contribution in [0.25, 0.3) is 0 Å². The molecule has 0 amide bonds. The van der Waals surface area contributed by atoms with Crippen molar-refractivity contribution in [1.29, 1.82) is 0 Å². The van der Waals surface area contributed by atoms with E-state index >= 15 is 0 Å². The zero-order valence-electron chi connectivity index (χ0n) is 13.6. The summed E-state index contributed by atoms with van der Waals surface area (Å²) in [7, 11) is 3.69. The third kappa shape index (κ3) is 2.95. The summed E-state index contributed by atoms with van der Waals surface area (Å²) in [4.78, 5) is 0. The van der Waals surface area contributed by atoms with Crippen LogP contribution in [0.15, 0.2) is 24.4 Å². The number of benzene rings is 1. The first-order valence-electron chi connectivity index (χ1n) is 7.47. The maximum absolute atomic E-state index is 5.53. The fourth-order valence-electron chi connectivity index (χ4n) is 2.92. The molecule has 0 aliphatic carbocycles. The molecule has 1 aromatic heterocycles. The molecule has 4 nitrogen and oxygen atoms in total. The van der Waals surface area contributed by atoms with Crippen LogP contribution in [0.2, 0.25) is 0 Å². The minimum absolute atomic E-state index is 0.0789. The molecule has 0 spiro atoms. The van der Waals surface area contributed by atoms with Gasteiger partial charge in [0, 0.05) is 6.54 Å². The Morgan fingerprint density at radius 3 is 2.48 bits per heavy atom. The molecule has 0 saturated carbocycles. The van der Waals surface area contributed by atoms with Crippen molar-refractivity contribution in [2.24, 2.45) is 0 Å². The van der Waals surface area contributed by atoms with E-state index in [0.717, 1.165) is 24.4 Å². The fraction of sp³-hybridized carbons (Fsp3) is 0.471. The van der Waals surface area contributed by atoms with Crippen molar-refractivity contribution in [2.75, 3.05) is 14.2 Å². The molecule has 0 saturated heterocycles. The van der Waals surface area contributed by atoms with Gasteiger partial charge in [0.15, 0.2) is 5.75 Å². The van der Waals surface area contributed by atoms with Crippen LogP contribution in [0.3, 0.4) is 0 Å². The van der Waals surface area contributed by atoms with E-state index in [4.69, 9.17) is 4.74 Å². The summed E-state index contributed by atoms with van der Waals surface area (Å²) in [5.41, 5.74) is 4.96. The minimum Gasteiger partial charge on any atom is -0.493 e. The molecule has 0 bridgehead atoms. The van der Waals surface area contributed by atoms with Crippen LogP contribution in [0, 0.1) is 13.8 Å². The Bertz CT molecular complexity index is 584. The lowest BCUT2D eigenvalue weighted by atomic mass is 9.94. The Kier molecular flexibility index (Phi) is 5.02. The number of hydrogen-bond acceptors (Lipinski definition) is 3. The topological polar surface area (TPSA) is 39.1 Å². The number of ether oxygens (including phenoxy) is 1. The predicted molar refractivity (Wildman–Crippen MR) is 85.9 cm³/mol. The average Bonchev–Trinajstić information content (AvgIpc) is 2.86. The van der Waals surface area contributed by atoms with Crippen LogP contribution in [0.4, 0.5) is 0 Å². The number of rotatable bonds is 6. The molecule has 0 radical (unpaired) electrons. The Morgan fingerprint density at radius 2 is 1.95 bits per heavy atom. The van der Waals surface area contributed by atoms with E-state index in [2.05, 4.69) is 49.4 Å². The van der Waals surface area contributed by atoms with Gasteiger partial charge in [-0.2, -0.15) is 5.10 Å². The second-order valence-corrected chi connectivity index (χ2v) is 5.35. The van der Waals surface area contributed by atoms with Gasteiger partial charge in [0.05, 0.1) is 19.3 Å². The normalized spacial score (nSPS) is 12.4. The first-order chi connectivity index (χ1) is 10.1. The molecule has 114 valence electrons. The highest BCUT2D eigenvalue weighted by Gasteiger charge is 2.24. The minimum atomic E-state index is 0.0789. The van der Waals surface area contributed by atoms with E-state index < -0.39 is 0 Å². The van der Waals surface area contributed by atoms with Crippen molar-refractivity contribution in [3.05, 3.63) is 46.8 Å². The van der Waals surface area contributed by atoms with Gasteiger partial charge in [0.25, 0.3) is 0 Å². The van der Waals surface area contributed by atoms with Crippen molar-refractivity contribution in [3.63, 3.8) is 0 Å². The smallest absolute Gasteiger partial charge is 0.161 e. The second-order valence-electron chi connectivity index (χ2n) is 5.35. The fourth-order valence-corrected chi connectivity index (χ4v) is 2.92. The van der Waals surface area contributed by atoms with Gasteiger partial charge in [-0.25, -0.2) is 0 Å². The summed E-state index contributed by atoms with van der Waals surface area (Å²) in [5, 5.41) is 7.92. The summed E-state index contributed by atoms with van der Waals surface area (Å²) in [6.45, 7) is 7.35. The average molecular weight is 287 g/mol. The van der Waals surface area contributed by atoms with E-state index in [9.17, 15) is 0 Å². The van der Waals surface area contributed by atoms with Crippen molar-refractivity contribution in [2.45, 2.75) is 39.8 Å². The molecule has 1 atom stereocenters. The van der Waals surface area contributed by atoms with Gasteiger partial charge in [-0.1, -0.05) is 25.1 Å². The maximum Gasteiger partial charge on any atom is 0.161 e. The molecule has 2 aromatic rings. The van der Waals surface area contributed by atoms with Gasteiger partial charge in [0.1, 0.15) is 5.69 Å². The molecule has 1 unspecified atom stereocenters. The van der Waals surface area contributed by atoms with Crippen LogP contribution in [-0.4, -0.2) is 23.9 Å². The lowest BCUT2D eigenvalue weighted by Gasteiger charge is -2.23. The molecule has 1 aromatic carbocycles. The summed E-state index contributed by atoms with van der Waals surface area (Å²) >= 11 is 0. The Morgan fingerprint density at radius 1 is 1.29 bits per heavy atom. The summed E-state index contributed by atoms with van der Waals surface area (Å²) in [6.07, 6.45) is 2.85. The molecule has 4 heteroatoms. The highest BCUT2D eigenvalue weighted by molar-refractivity contribution is 5.43. The van der Waals surface area contributed by atoms with Crippen LogP contribution >= 0.6 is 0 Å². The van der Waals surface area contributed by atoms with Crippen molar-refractivity contribution >= 4 is 0 Å². The highest BCUT2D eigenvalue weighted by atomic mass is 16.5. The van der Waals surface area contributed by atoms with E-state index in [-0.39, 0.29) is 6.04 Å². The van der Waals surface area contributed by atoms with Gasteiger partial charge in [-0.05, 0) is 44.0 Å². The molecule has 21 heavy (non-hydrogen) atoms. The lowest BCUT2D eigenvalue weighted by molar-refractivity contribution is 0.400. The molecule has 0 aliphatic heterocycles. The van der Waals surface area contributed by atoms with Crippen LogP contribution < -0.4 is 10.1 Å². The van der Waals surface area contributed by atoms with Crippen LogP contribution in [0.5, 0.6) is 5.75 Å². The van der Waals surface area contributed by atoms with Gasteiger partial charge < -0.3 is 10.1 Å². The van der Waals surface area contributed by atoms with Crippen molar-refractivity contribution in [1.82, 2.24) is 15.1 Å². The van der Waals surface area contributed by atoms with Crippen LogP contribution in [-0.2, 0) is 6.54 Å². The van der Waals surface area contributed by atoms with E-state index in [1.807, 2.05) is 17.9 Å². The zero-order valence-corrected chi connectivity index (χ0v) is 13.6. The highest BCUT2D eigenvalue weighted by Crippen LogP contribution is 2.33. The number of aryl methyl sites for hydroxylation is 3. The van der Waals surface area contributed by atoms with E-state index in [0.29, 0.717) is 0 Å². The molecule has 2 rings (SSSR count). The van der Waals surface area contributed by atoms with Crippen molar-refractivity contribution in [3.8, 4) is 5.75 Å². The van der Waals surface area contributed by atoms with Gasteiger partial charge in [-0.15, -0.1) is 0 Å². The van der Waals surface area contributed by atoms with Gasteiger partial charge in [0.2, 0.25) is 0 Å². The first kappa shape index (κ1) is 15.6.